The molecule has 166 valence electrons. The third kappa shape index (κ3) is 5.27. The van der Waals surface area contributed by atoms with E-state index in [1.54, 1.807) is 0 Å². The number of ether oxygens (including phenoxy) is 3. The van der Waals surface area contributed by atoms with Crippen molar-refractivity contribution in [3.8, 4) is 5.75 Å². The smallest absolute Gasteiger partial charge is 0.488 e. The van der Waals surface area contributed by atoms with E-state index in [1.807, 2.05) is 0 Å². The van der Waals surface area contributed by atoms with E-state index in [0.29, 0.717) is 0 Å². The molecule has 0 amide bonds. The Bertz CT molecular complexity index is 1010. The third-order valence-corrected chi connectivity index (χ3v) is 3.97. The van der Waals surface area contributed by atoms with E-state index in [0.717, 1.165) is 6.07 Å². The summed E-state index contributed by atoms with van der Waals surface area (Å²) in [5, 5.41) is 11.1. The molecule has 8 nitrogen and oxygen atoms in total. The molecule has 0 aliphatic heterocycles. The molecular formula is C19H15F4NO7. The van der Waals surface area contributed by atoms with Crippen LogP contribution in [0.15, 0.2) is 18.2 Å². The maximum absolute atomic E-state index is 14.0. The van der Waals surface area contributed by atoms with E-state index in [-0.39, 0.29) is 17.7 Å². The predicted molar refractivity (Wildman–Crippen MR) is 95.5 cm³/mol. The van der Waals surface area contributed by atoms with Gasteiger partial charge in [-0.25, -0.2) is 13.6 Å². The van der Waals surface area contributed by atoms with Gasteiger partial charge >= 0.3 is 6.16 Å². The van der Waals surface area contributed by atoms with Crippen LogP contribution in [-0.2, 0) is 22.7 Å². The molecule has 0 spiro atoms. The maximum Gasteiger partial charge on any atom is 0.508 e. The number of benzene rings is 2. The van der Waals surface area contributed by atoms with Gasteiger partial charge in [0.2, 0.25) is 11.6 Å². The molecule has 12 heteroatoms. The fraction of sp³-hybridized carbons (Fsp3) is 0.263. The molecule has 0 saturated carbocycles. The lowest BCUT2D eigenvalue weighted by atomic mass is 10.1. The van der Waals surface area contributed by atoms with Crippen molar-refractivity contribution in [2.24, 2.45) is 0 Å². The van der Waals surface area contributed by atoms with Crippen molar-refractivity contribution in [3.05, 3.63) is 68.3 Å². The first-order valence-corrected chi connectivity index (χ1v) is 8.63. The second-order valence-electron chi connectivity index (χ2n) is 5.98. The molecule has 0 saturated heterocycles. The predicted octanol–water partition coefficient (Wildman–Crippen LogP) is 4.61. The van der Waals surface area contributed by atoms with Gasteiger partial charge in [-0.3, -0.25) is 14.9 Å². The highest BCUT2D eigenvalue weighted by molar-refractivity contribution is 5.94. The van der Waals surface area contributed by atoms with Crippen molar-refractivity contribution >= 4 is 17.6 Å². The highest BCUT2D eigenvalue weighted by atomic mass is 19.2. The average Bonchev–Trinajstić information content (AvgIpc) is 2.73. The first-order chi connectivity index (χ1) is 14.6. The van der Waals surface area contributed by atoms with Gasteiger partial charge in [0.05, 0.1) is 22.7 Å². The first-order valence-electron chi connectivity index (χ1n) is 8.63. The van der Waals surface area contributed by atoms with Crippen LogP contribution in [0.3, 0.4) is 0 Å². The minimum atomic E-state index is -1.81. The number of Topliss-reactive ketones (excluding diaryl/α,β-unsaturated/α-hetero) is 1. The number of carbonyl (C=O) groups is 2. The van der Waals surface area contributed by atoms with Crippen molar-refractivity contribution in [3.63, 3.8) is 0 Å². The lowest BCUT2D eigenvalue weighted by Crippen LogP contribution is -2.13. The van der Waals surface area contributed by atoms with Crippen molar-refractivity contribution in [1.82, 2.24) is 0 Å². The van der Waals surface area contributed by atoms with Crippen LogP contribution >= 0.6 is 0 Å². The number of halogens is 4. The molecule has 2 rings (SSSR count). The largest absolute Gasteiger partial charge is 0.508 e. The van der Waals surface area contributed by atoms with E-state index in [9.17, 15) is 37.3 Å². The van der Waals surface area contributed by atoms with Crippen LogP contribution in [-0.4, -0.2) is 23.5 Å². The molecule has 31 heavy (non-hydrogen) atoms. The fourth-order valence-electron chi connectivity index (χ4n) is 2.44. The zero-order valence-corrected chi connectivity index (χ0v) is 16.2. The highest BCUT2D eigenvalue weighted by Crippen LogP contribution is 2.30. The summed E-state index contributed by atoms with van der Waals surface area (Å²) in [6.45, 7) is 0.401. The molecule has 0 unspecified atom stereocenters. The Morgan fingerprint density at radius 3 is 2.10 bits per heavy atom. The number of nitro groups is 1. The van der Waals surface area contributed by atoms with Crippen molar-refractivity contribution in [1.29, 1.82) is 0 Å². The molecule has 0 aliphatic rings. The number of carbonyl (C=O) groups excluding carboxylic acids is 2. The van der Waals surface area contributed by atoms with Crippen LogP contribution < -0.4 is 4.74 Å². The summed E-state index contributed by atoms with van der Waals surface area (Å²) in [5.74, 6) is -8.89. The fourth-order valence-corrected chi connectivity index (χ4v) is 2.44. The molecule has 0 aliphatic carbocycles. The molecule has 0 bridgehead atoms. The van der Waals surface area contributed by atoms with E-state index in [2.05, 4.69) is 14.2 Å². The zero-order chi connectivity index (χ0) is 23.3. The van der Waals surface area contributed by atoms with Crippen LogP contribution in [0.25, 0.3) is 0 Å². The van der Waals surface area contributed by atoms with Crippen molar-refractivity contribution in [2.75, 3.05) is 6.61 Å². The Morgan fingerprint density at radius 1 is 1.00 bits per heavy atom. The minimum absolute atomic E-state index is 0.0588. The summed E-state index contributed by atoms with van der Waals surface area (Å²) in [6, 6.07) is 3.44. The normalized spacial score (nSPS) is 10.5. The highest BCUT2D eigenvalue weighted by Gasteiger charge is 2.27. The average molecular weight is 445 g/mol. The van der Waals surface area contributed by atoms with Gasteiger partial charge in [-0.2, -0.15) is 8.78 Å². The van der Waals surface area contributed by atoms with Crippen LogP contribution in [0.1, 0.15) is 35.3 Å². The van der Waals surface area contributed by atoms with Crippen molar-refractivity contribution < 1.29 is 46.3 Å². The quantitative estimate of drug-likeness (QED) is 0.146. The standard InChI is InChI=1S/C19H15F4NO7/c1-3-29-18-16(22)14(20)12(15(21)17(18)23)8-31-19(26)30-7-11-5-4-10(9(2)25)6-13(11)24(27)28/h4-6H,3,7-8H2,1-2H3. The summed E-state index contributed by atoms with van der Waals surface area (Å²) in [7, 11) is 0. The Labute approximate surface area is 172 Å². The van der Waals surface area contributed by atoms with Crippen LogP contribution in [0, 0.1) is 33.4 Å². The van der Waals surface area contributed by atoms with E-state index in [1.165, 1.54) is 26.0 Å². The topological polar surface area (TPSA) is 105 Å². The van der Waals surface area contributed by atoms with Crippen LogP contribution in [0.5, 0.6) is 5.75 Å². The van der Waals surface area contributed by atoms with Crippen molar-refractivity contribution in [2.45, 2.75) is 27.1 Å². The van der Waals surface area contributed by atoms with Crippen LogP contribution in [0.4, 0.5) is 28.0 Å². The molecule has 0 atom stereocenters. The monoisotopic (exact) mass is 445 g/mol. The van der Waals surface area contributed by atoms with Gasteiger partial charge in [0, 0.05) is 11.6 Å². The molecule has 2 aromatic carbocycles. The SMILES string of the molecule is CCOc1c(F)c(F)c(COC(=O)OCc2ccc(C(C)=O)cc2[N+](=O)[O-])c(F)c1F. The number of hydrogen-bond donors (Lipinski definition) is 0. The summed E-state index contributed by atoms with van der Waals surface area (Å²) >= 11 is 0. The van der Waals surface area contributed by atoms with Gasteiger partial charge in [-0.15, -0.1) is 0 Å². The van der Waals surface area contributed by atoms with E-state index in [4.69, 9.17) is 0 Å². The van der Waals surface area contributed by atoms with E-state index < -0.39 is 70.3 Å². The summed E-state index contributed by atoms with van der Waals surface area (Å²) in [5.41, 5.74) is -1.76. The molecule has 0 N–H and O–H groups in total. The van der Waals surface area contributed by atoms with Gasteiger partial charge in [0.25, 0.3) is 5.69 Å². The summed E-state index contributed by atoms with van der Waals surface area (Å²) in [4.78, 5) is 33.3. The first kappa shape index (κ1) is 23.6. The van der Waals surface area contributed by atoms with Gasteiger partial charge in [-0.05, 0) is 19.9 Å². The third-order valence-electron chi connectivity index (χ3n) is 3.97. The maximum atomic E-state index is 14.0. The molecule has 0 heterocycles. The Balaban J connectivity index is 2.10. The van der Waals surface area contributed by atoms with Gasteiger partial charge in [-0.1, -0.05) is 6.07 Å². The minimum Gasteiger partial charge on any atom is -0.488 e. The second kappa shape index (κ2) is 9.87. The Hall–Kier alpha value is -3.70. The molecular weight excluding hydrogens is 430 g/mol. The number of hydrogen-bond acceptors (Lipinski definition) is 7. The Kier molecular flexibility index (Phi) is 7.51. The van der Waals surface area contributed by atoms with Gasteiger partial charge in [0.15, 0.2) is 23.2 Å². The van der Waals surface area contributed by atoms with Gasteiger partial charge < -0.3 is 14.2 Å². The molecule has 0 fully saturated rings. The number of rotatable bonds is 8. The molecule has 2 aromatic rings. The Morgan fingerprint density at radius 2 is 1.58 bits per heavy atom. The number of ketones is 1. The van der Waals surface area contributed by atoms with E-state index >= 15 is 0 Å². The lowest BCUT2D eigenvalue weighted by molar-refractivity contribution is -0.385. The lowest BCUT2D eigenvalue weighted by Gasteiger charge is -2.12. The van der Waals surface area contributed by atoms with Crippen LogP contribution in [0.2, 0.25) is 0 Å². The summed E-state index contributed by atoms with van der Waals surface area (Å²) < 4.78 is 69.2. The number of nitro benzene ring substituents is 1. The molecule has 0 radical (unpaired) electrons. The number of nitrogens with zero attached hydrogens (tertiary/aromatic N) is 1. The van der Waals surface area contributed by atoms with Gasteiger partial charge in [0.1, 0.15) is 13.2 Å². The molecule has 0 aromatic heterocycles. The summed E-state index contributed by atoms with van der Waals surface area (Å²) in [6.07, 6.45) is -1.52. The zero-order valence-electron chi connectivity index (χ0n) is 16.2. The second-order valence-corrected chi connectivity index (χ2v) is 5.98.